The van der Waals surface area contributed by atoms with Crippen molar-refractivity contribution in [2.24, 2.45) is 11.3 Å². The average molecular weight is 180 g/mol. The van der Waals surface area contributed by atoms with Crippen LogP contribution in [0.4, 0.5) is 0 Å². The largest absolute Gasteiger partial charge is 0.392 e. The van der Waals surface area contributed by atoms with Gasteiger partial charge in [-0.3, -0.25) is 0 Å². The van der Waals surface area contributed by atoms with Gasteiger partial charge in [-0.15, -0.1) is 0 Å². The standard InChI is InChI=1S/C12H20O/c1-9-6-8-12(2)7-4-3-5-10(9)11(12)13/h6,10-11,13H,3-5,7-8H2,1-2H3. The van der Waals surface area contributed by atoms with Crippen molar-refractivity contribution < 1.29 is 5.11 Å². The number of aliphatic hydroxyl groups excluding tert-OH is 1. The van der Waals surface area contributed by atoms with Gasteiger partial charge in [-0.1, -0.05) is 31.4 Å². The van der Waals surface area contributed by atoms with E-state index in [9.17, 15) is 5.11 Å². The lowest BCUT2D eigenvalue weighted by atomic mass is 9.68. The minimum Gasteiger partial charge on any atom is -0.392 e. The monoisotopic (exact) mass is 180 g/mol. The Morgan fingerprint density at radius 3 is 3.00 bits per heavy atom. The third kappa shape index (κ3) is 1.43. The number of fused-ring (bicyclic) bond motifs is 2. The molecule has 3 unspecified atom stereocenters. The van der Waals surface area contributed by atoms with E-state index in [2.05, 4.69) is 19.9 Å². The SMILES string of the molecule is CC1=CCC2(C)CCCCC1C2O. The van der Waals surface area contributed by atoms with E-state index in [0.717, 1.165) is 6.42 Å². The molecule has 2 bridgehead atoms. The van der Waals surface area contributed by atoms with E-state index in [0.29, 0.717) is 5.92 Å². The summed E-state index contributed by atoms with van der Waals surface area (Å²) in [6.07, 6.45) is 8.33. The van der Waals surface area contributed by atoms with Crippen LogP contribution in [0, 0.1) is 11.3 Å². The lowest BCUT2D eigenvalue weighted by molar-refractivity contribution is -0.00236. The topological polar surface area (TPSA) is 20.2 Å². The molecule has 0 saturated heterocycles. The van der Waals surface area contributed by atoms with Crippen LogP contribution in [-0.4, -0.2) is 11.2 Å². The highest BCUT2D eigenvalue weighted by Gasteiger charge is 2.41. The zero-order chi connectivity index (χ0) is 9.47. The molecule has 2 aliphatic carbocycles. The fraction of sp³-hybridized carbons (Fsp3) is 0.833. The van der Waals surface area contributed by atoms with Crippen molar-refractivity contribution in [3.05, 3.63) is 11.6 Å². The maximum absolute atomic E-state index is 10.3. The van der Waals surface area contributed by atoms with Crippen LogP contribution in [0.1, 0.15) is 46.0 Å². The maximum Gasteiger partial charge on any atom is 0.0661 e. The van der Waals surface area contributed by atoms with Crippen molar-refractivity contribution in [1.29, 1.82) is 0 Å². The highest BCUT2D eigenvalue weighted by Crippen LogP contribution is 2.46. The summed E-state index contributed by atoms with van der Waals surface area (Å²) in [5, 5.41) is 10.3. The van der Waals surface area contributed by atoms with Crippen LogP contribution in [0.25, 0.3) is 0 Å². The summed E-state index contributed by atoms with van der Waals surface area (Å²) in [4.78, 5) is 0. The fourth-order valence-electron chi connectivity index (χ4n) is 2.93. The van der Waals surface area contributed by atoms with Crippen LogP contribution in [0.15, 0.2) is 11.6 Å². The fourth-order valence-corrected chi connectivity index (χ4v) is 2.93. The number of allylic oxidation sites excluding steroid dienone is 1. The summed E-state index contributed by atoms with van der Waals surface area (Å²) in [6, 6.07) is 0. The molecule has 1 N–H and O–H groups in total. The maximum atomic E-state index is 10.3. The molecule has 1 saturated carbocycles. The molecule has 74 valence electrons. The molecule has 1 nitrogen and oxygen atoms in total. The van der Waals surface area contributed by atoms with E-state index < -0.39 is 0 Å². The van der Waals surface area contributed by atoms with Gasteiger partial charge in [0, 0.05) is 5.92 Å². The number of aliphatic hydroxyl groups is 1. The predicted octanol–water partition coefficient (Wildman–Crippen LogP) is 2.89. The summed E-state index contributed by atoms with van der Waals surface area (Å²) in [7, 11) is 0. The lowest BCUT2D eigenvalue weighted by Gasteiger charge is -2.40. The van der Waals surface area contributed by atoms with E-state index in [1.165, 1.54) is 31.3 Å². The summed E-state index contributed by atoms with van der Waals surface area (Å²) in [6.45, 7) is 4.43. The first-order chi connectivity index (χ1) is 6.13. The second kappa shape index (κ2) is 3.13. The van der Waals surface area contributed by atoms with Crippen molar-refractivity contribution >= 4 is 0 Å². The molecule has 0 aromatic rings. The third-order valence-electron chi connectivity index (χ3n) is 4.08. The highest BCUT2D eigenvalue weighted by atomic mass is 16.3. The first-order valence-electron chi connectivity index (χ1n) is 5.48. The molecule has 0 amide bonds. The van der Waals surface area contributed by atoms with Crippen molar-refractivity contribution in [2.75, 3.05) is 0 Å². The Morgan fingerprint density at radius 1 is 1.46 bits per heavy atom. The smallest absolute Gasteiger partial charge is 0.0661 e. The van der Waals surface area contributed by atoms with Crippen LogP contribution in [0.2, 0.25) is 0 Å². The molecule has 0 aromatic carbocycles. The molecule has 0 aliphatic heterocycles. The van der Waals surface area contributed by atoms with Crippen LogP contribution in [-0.2, 0) is 0 Å². The normalized spacial score (nSPS) is 45.3. The van der Waals surface area contributed by atoms with Crippen molar-refractivity contribution in [1.82, 2.24) is 0 Å². The van der Waals surface area contributed by atoms with E-state index in [4.69, 9.17) is 0 Å². The summed E-state index contributed by atoms with van der Waals surface area (Å²) >= 11 is 0. The number of hydrogen-bond donors (Lipinski definition) is 1. The van der Waals surface area contributed by atoms with Gasteiger partial charge in [-0.05, 0) is 31.6 Å². The zero-order valence-corrected chi connectivity index (χ0v) is 8.71. The first kappa shape index (κ1) is 9.26. The molecule has 2 aliphatic rings. The van der Waals surface area contributed by atoms with Gasteiger partial charge in [0.25, 0.3) is 0 Å². The Hall–Kier alpha value is -0.300. The molecular formula is C12H20O. The Labute approximate surface area is 80.8 Å². The quantitative estimate of drug-likeness (QED) is 0.568. The molecule has 0 radical (unpaired) electrons. The minimum atomic E-state index is -0.0833. The van der Waals surface area contributed by atoms with Crippen molar-refractivity contribution in [3.8, 4) is 0 Å². The molecule has 3 atom stereocenters. The highest BCUT2D eigenvalue weighted by molar-refractivity contribution is 5.15. The molecule has 2 rings (SSSR count). The lowest BCUT2D eigenvalue weighted by Crippen LogP contribution is -2.39. The van der Waals surface area contributed by atoms with Crippen LogP contribution < -0.4 is 0 Å². The second-order valence-corrected chi connectivity index (χ2v) is 5.10. The van der Waals surface area contributed by atoms with Gasteiger partial charge in [0.1, 0.15) is 0 Å². The summed E-state index contributed by atoms with van der Waals surface area (Å²) < 4.78 is 0. The Kier molecular flexibility index (Phi) is 2.23. The Balaban J connectivity index is 2.31. The van der Waals surface area contributed by atoms with Crippen LogP contribution in [0.3, 0.4) is 0 Å². The summed E-state index contributed by atoms with van der Waals surface area (Å²) in [5.74, 6) is 0.459. The molecule has 13 heavy (non-hydrogen) atoms. The van der Waals surface area contributed by atoms with Crippen LogP contribution in [0.5, 0.6) is 0 Å². The van der Waals surface area contributed by atoms with Gasteiger partial charge >= 0.3 is 0 Å². The van der Waals surface area contributed by atoms with Gasteiger partial charge in [-0.2, -0.15) is 0 Å². The number of rotatable bonds is 0. The van der Waals surface area contributed by atoms with E-state index in [-0.39, 0.29) is 11.5 Å². The van der Waals surface area contributed by atoms with E-state index >= 15 is 0 Å². The molecule has 1 heteroatoms. The van der Waals surface area contributed by atoms with Gasteiger partial charge in [0.2, 0.25) is 0 Å². The first-order valence-corrected chi connectivity index (χ1v) is 5.48. The van der Waals surface area contributed by atoms with Gasteiger partial charge < -0.3 is 5.11 Å². The van der Waals surface area contributed by atoms with E-state index in [1.807, 2.05) is 0 Å². The van der Waals surface area contributed by atoms with Gasteiger partial charge in [0.15, 0.2) is 0 Å². The minimum absolute atomic E-state index is 0.0833. The second-order valence-electron chi connectivity index (χ2n) is 5.10. The van der Waals surface area contributed by atoms with Crippen LogP contribution >= 0.6 is 0 Å². The third-order valence-corrected chi connectivity index (χ3v) is 4.08. The van der Waals surface area contributed by atoms with Crippen molar-refractivity contribution in [2.45, 2.75) is 52.1 Å². The van der Waals surface area contributed by atoms with Gasteiger partial charge in [0.05, 0.1) is 6.10 Å². The average Bonchev–Trinajstić information content (AvgIpc) is 2.19. The summed E-state index contributed by atoms with van der Waals surface area (Å²) in [5.41, 5.74) is 1.60. The Bertz CT molecular complexity index is 231. The molecular weight excluding hydrogens is 160 g/mol. The molecule has 1 fully saturated rings. The molecule has 0 heterocycles. The molecule has 0 spiro atoms. The zero-order valence-electron chi connectivity index (χ0n) is 8.71. The van der Waals surface area contributed by atoms with E-state index in [1.54, 1.807) is 0 Å². The predicted molar refractivity (Wildman–Crippen MR) is 54.4 cm³/mol. The molecule has 0 aromatic heterocycles. The van der Waals surface area contributed by atoms with Gasteiger partial charge in [-0.25, -0.2) is 0 Å². The van der Waals surface area contributed by atoms with Crippen molar-refractivity contribution in [3.63, 3.8) is 0 Å². The number of hydrogen-bond acceptors (Lipinski definition) is 1. The Morgan fingerprint density at radius 2 is 2.23 bits per heavy atom.